The van der Waals surface area contributed by atoms with Crippen LogP contribution in [0.1, 0.15) is 49.5 Å². The standard InChI is InChI=1S/C18H26N2O2S/c21-15(16-4-2-10-23-16)11-13-3-1-9-20(13)17(22)14-12-18(14)5-7-19-8-6-18/h2,4,10,13-15,19,21H,1,3,5-9,11-12H2. The van der Waals surface area contributed by atoms with E-state index in [1.807, 2.05) is 17.5 Å². The van der Waals surface area contributed by atoms with Crippen LogP contribution < -0.4 is 5.32 Å². The topological polar surface area (TPSA) is 52.6 Å². The number of hydrogen-bond acceptors (Lipinski definition) is 4. The minimum absolute atomic E-state index is 0.221. The molecule has 3 unspecified atom stereocenters. The van der Waals surface area contributed by atoms with Gasteiger partial charge in [-0.05, 0) is 68.5 Å². The molecule has 2 saturated heterocycles. The van der Waals surface area contributed by atoms with Gasteiger partial charge in [0.15, 0.2) is 0 Å². The molecule has 1 aromatic rings. The number of nitrogens with zero attached hydrogens (tertiary/aromatic N) is 1. The molecule has 1 spiro atoms. The zero-order valence-electron chi connectivity index (χ0n) is 13.5. The number of aliphatic hydroxyl groups is 1. The second kappa shape index (κ2) is 6.19. The van der Waals surface area contributed by atoms with Gasteiger partial charge < -0.3 is 15.3 Å². The average molecular weight is 334 g/mol. The Bertz CT molecular complexity index is 553. The van der Waals surface area contributed by atoms with Crippen molar-refractivity contribution in [3.63, 3.8) is 0 Å². The van der Waals surface area contributed by atoms with Gasteiger partial charge in [0, 0.05) is 23.4 Å². The van der Waals surface area contributed by atoms with E-state index < -0.39 is 6.10 Å². The van der Waals surface area contributed by atoms with Crippen LogP contribution in [0.3, 0.4) is 0 Å². The van der Waals surface area contributed by atoms with Crippen LogP contribution in [0, 0.1) is 11.3 Å². The van der Waals surface area contributed by atoms with E-state index in [0.29, 0.717) is 17.7 Å². The Morgan fingerprint density at radius 1 is 1.48 bits per heavy atom. The minimum Gasteiger partial charge on any atom is -0.387 e. The van der Waals surface area contributed by atoms with Crippen LogP contribution in [-0.2, 0) is 4.79 Å². The van der Waals surface area contributed by atoms with Gasteiger partial charge >= 0.3 is 0 Å². The normalized spacial score (nSPS) is 30.6. The molecule has 23 heavy (non-hydrogen) atoms. The summed E-state index contributed by atoms with van der Waals surface area (Å²) in [6, 6.07) is 4.19. The van der Waals surface area contributed by atoms with Gasteiger partial charge in [0.2, 0.25) is 5.91 Å². The van der Waals surface area contributed by atoms with Crippen LogP contribution in [0.4, 0.5) is 0 Å². The van der Waals surface area contributed by atoms with E-state index >= 15 is 0 Å². The maximum atomic E-state index is 13.0. The van der Waals surface area contributed by atoms with Gasteiger partial charge in [-0.15, -0.1) is 11.3 Å². The summed E-state index contributed by atoms with van der Waals surface area (Å²) >= 11 is 1.60. The molecule has 4 rings (SSSR count). The van der Waals surface area contributed by atoms with Gasteiger partial charge in [0.05, 0.1) is 6.10 Å². The fraction of sp³-hybridized carbons (Fsp3) is 0.722. The third-order valence-electron chi connectivity index (χ3n) is 6.11. The molecular formula is C18H26N2O2S. The van der Waals surface area contributed by atoms with Crippen molar-refractivity contribution in [2.45, 2.75) is 50.7 Å². The average Bonchev–Trinajstić information content (AvgIpc) is 3.00. The van der Waals surface area contributed by atoms with Crippen molar-refractivity contribution in [1.29, 1.82) is 0 Å². The highest BCUT2D eigenvalue weighted by Crippen LogP contribution is 2.59. The number of likely N-dealkylation sites (tertiary alicyclic amines) is 1. The molecule has 3 atom stereocenters. The fourth-order valence-corrected chi connectivity index (χ4v) is 5.32. The van der Waals surface area contributed by atoms with Crippen molar-refractivity contribution in [3.8, 4) is 0 Å². The molecular weight excluding hydrogens is 308 g/mol. The Labute approximate surface area is 141 Å². The monoisotopic (exact) mass is 334 g/mol. The summed E-state index contributed by atoms with van der Waals surface area (Å²) in [5.74, 6) is 0.622. The summed E-state index contributed by atoms with van der Waals surface area (Å²) in [6.45, 7) is 3.00. The first-order valence-corrected chi connectivity index (χ1v) is 9.80. The number of carbonyl (C=O) groups is 1. The smallest absolute Gasteiger partial charge is 0.226 e. The summed E-state index contributed by atoms with van der Waals surface area (Å²) in [5, 5.41) is 15.8. The molecule has 0 radical (unpaired) electrons. The molecule has 0 aromatic carbocycles. The van der Waals surface area contributed by atoms with Crippen molar-refractivity contribution in [2.75, 3.05) is 19.6 Å². The lowest BCUT2D eigenvalue weighted by Crippen LogP contribution is -2.39. The third-order valence-corrected chi connectivity index (χ3v) is 7.09. The van der Waals surface area contributed by atoms with Crippen LogP contribution in [0.2, 0.25) is 0 Å². The van der Waals surface area contributed by atoms with Crippen molar-refractivity contribution in [1.82, 2.24) is 10.2 Å². The number of nitrogens with one attached hydrogen (secondary N) is 1. The molecule has 1 saturated carbocycles. The van der Waals surface area contributed by atoms with E-state index in [0.717, 1.165) is 56.6 Å². The highest BCUT2D eigenvalue weighted by atomic mass is 32.1. The van der Waals surface area contributed by atoms with Gasteiger partial charge in [0.1, 0.15) is 0 Å². The maximum absolute atomic E-state index is 13.0. The van der Waals surface area contributed by atoms with E-state index in [9.17, 15) is 9.90 Å². The van der Waals surface area contributed by atoms with Crippen LogP contribution in [0.5, 0.6) is 0 Å². The highest BCUT2D eigenvalue weighted by molar-refractivity contribution is 7.10. The van der Waals surface area contributed by atoms with Gasteiger partial charge in [-0.25, -0.2) is 0 Å². The Balaban J connectivity index is 1.39. The summed E-state index contributed by atoms with van der Waals surface area (Å²) in [5.41, 5.74) is 0.307. The van der Waals surface area contributed by atoms with Crippen LogP contribution in [0.25, 0.3) is 0 Å². The largest absolute Gasteiger partial charge is 0.387 e. The lowest BCUT2D eigenvalue weighted by Gasteiger charge is -2.29. The summed E-state index contributed by atoms with van der Waals surface area (Å²) in [7, 11) is 0. The molecule has 1 aliphatic carbocycles. The zero-order chi connectivity index (χ0) is 15.9. The number of rotatable bonds is 4. The first-order chi connectivity index (χ1) is 11.2. The first-order valence-electron chi connectivity index (χ1n) is 8.92. The van der Waals surface area contributed by atoms with Gasteiger partial charge in [-0.3, -0.25) is 4.79 Å². The summed E-state index contributed by atoms with van der Waals surface area (Å²) in [4.78, 5) is 16.1. The molecule has 3 aliphatic rings. The first kappa shape index (κ1) is 15.6. The number of amides is 1. The zero-order valence-corrected chi connectivity index (χ0v) is 14.4. The molecule has 3 heterocycles. The summed E-state index contributed by atoms with van der Waals surface area (Å²) < 4.78 is 0. The number of carbonyl (C=O) groups excluding carboxylic acids is 1. The molecule has 3 fully saturated rings. The SMILES string of the molecule is O=C(C1CC12CCNCC2)N1CCCC1CC(O)c1cccs1. The van der Waals surface area contributed by atoms with Gasteiger partial charge in [-0.2, -0.15) is 0 Å². The van der Waals surface area contributed by atoms with Crippen LogP contribution >= 0.6 is 11.3 Å². The predicted octanol–water partition coefficient (Wildman–Crippen LogP) is 2.55. The van der Waals surface area contributed by atoms with E-state index in [2.05, 4.69) is 10.2 Å². The Morgan fingerprint density at radius 3 is 3.04 bits per heavy atom. The lowest BCUT2D eigenvalue weighted by atomic mass is 9.91. The van der Waals surface area contributed by atoms with Crippen molar-refractivity contribution in [2.24, 2.45) is 11.3 Å². The van der Waals surface area contributed by atoms with Crippen molar-refractivity contribution < 1.29 is 9.90 Å². The molecule has 126 valence electrons. The Hall–Kier alpha value is -0.910. The number of hydrogen-bond donors (Lipinski definition) is 2. The van der Waals surface area contributed by atoms with Gasteiger partial charge in [0.25, 0.3) is 0 Å². The summed E-state index contributed by atoms with van der Waals surface area (Å²) in [6.07, 6.45) is 5.77. The van der Waals surface area contributed by atoms with Crippen molar-refractivity contribution in [3.05, 3.63) is 22.4 Å². The third kappa shape index (κ3) is 2.94. The second-order valence-electron chi connectivity index (χ2n) is 7.46. The second-order valence-corrected chi connectivity index (χ2v) is 8.44. The number of thiophene rings is 1. The molecule has 2 N–H and O–H groups in total. The highest BCUT2D eigenvalue weighted by Gasteiger charge is 2.59. The van der Waals surface area contributed by atoms with E-state index in [-0.39, 0.29) is 12.0 Å². The molecule has 0 bridgehead atoms. The quantitative estimate of drug-likeness (QED) is 0.890. The van der Waals surface area contributed by atoms with E-state index in [1.165, 1.54) is 0 Å². The van der Waals surface area contributed by atoms with E-state index in [4.69, 9.17) is 0 Å². The Morgan fingerprint density at radius 2 is 2.30 bits per heavy atom. The molecule has 2 aliphatic heterocycles. The van der Waals surface area contributed by atoms with Crippen molar-refractivity contribution >= 4 is 17.2 Å². The van der Waals surface area contributed by atoms with Gasteiger partial charge in [-0.1, -0.05) is 6.07 Å². The lowest BCUT2D eigenvalue weighted by molar-refractivity contribution is -0.135. The maximum Gasteiger partial charge on any atom is 0.226 e. The predicted molar refractivity (Wildman–Crippen MR) is 91.3 cm³/mol. The van der Waals surface area contributed by atoms with E-state index in [1.54, 1.807) is 11.3 Å². The molecule has 5 heteroatoms. The number of aliphatic hydroxyl groups excluding tert-OH is 1. The number of piperidine rings is 1. The molecule has 1 aromatic heterocycles. The molecule has 1 amide bonds. The van der Waals surface area contributed by atoms with Crippen LogP contribution in [0.15, 0.2) is 17.5 Å². The minimum atomic E-state index is -0.430. The Kier molecular flexibility index (Phi) is 4.20. The fourth-order valence-electron chi connectivity index (χ4n) is 4.60. The molecule has 4 nitrogen and oxygen atoms in total. The van der Waals surface area contributed by atoms with Crippen LogP contribution in [-0.4, -0.2) is 41.6 Å².